The van der Waals surface area contributed by atoms with E-state index in [1.165, 1.54) is 19.1 Å². The molecular formula is C33H31FO7. The number of halogens is 1. The number of esters is 3. The minimum absolute atomic E-state index is 0.159. The SMILES string of the molecule is C=C(C)COc1cc(-c2ccc(-c3ccc(C(=O)OCCOC(=O)C(=C)C)c(F)c3)cc2)ccc1OC(=O)C(=C)C. The lowest BCUT2D eigenvalue weighted by Gasteiger charge is -2.14. The van der Waals surface area contributed by atoms with E-state index >= 15 is 0 Å². The third-order valence-corrected chi connectivity index (χ3v) is 5.61. The highest BCUT2D eigenvalue weighted by molar-refractivity contribution is 5.91. The Balaban J connectivity index is 1.74. The van der Waals surface area contributed by atoms with E-state index in [0.717, 1.165) is 22.3 Å². The standard InChI is InChI=1S/C33H31FO7/c1-20(2)19-40-30-18-26(12-14-29(30)41-32(36)22(5)6)24-9-7-23(8-10-24)25-11-13-27(28(34)17-25)33(37)39-16-15-38-31(35)21(3)4/h7-14,17-18H,1,3,5,15-16,19H2,2,4,6H3. The van der Waals surface area contributed by atoms with E-state index in [1.54, 1.807) is 31.2 Å². The van der Waals surface area contributed by atoms with Crippen molar-refractivity contribution in [2.45, 2.75) is 20.8 Å². The second-order valence-electron chi connectivity index (χ2n) is 9.40. The molecule has 3 rings (SSSR count). The van der Waals surface area contributed by atoms with Crippen LogP contribution >= 0.6 is 0 Å². The fourth-order valence-corrected chi connectivity index (χ4v) is 3.46. The quantitative estimate of drug-likeness (QED) is 0.0788. The van der Waals surface area contributed by atoms with Gasteiger partial charge < -0.3 is 18.9 Å². The molecule has 8 heteroatoms. The zero-order valence-electron chi connectivity index (χ0n) is 23.3. The van der Waals surface area contributed by atoms with Gasteiger partial charge in [-0.3, -0.25) is 0 Å². The number of ether oxygens (including phenoxy) is 4. The van der Waals surface area contributed by atoms with Crippen molar-refractivity contribution in [2.75, 3.05) is 19.8 Å². The molecule has 0 N–H and O–H groups in total. The van der Waals surface area contributed by atoms with Crippen LogP contribution in [-0.2, 0) is 19.1 Å². The maximum absolute atomic E-state index is 14.8. The minimum atomic E-state index is -0.863. The smallest absolute Gasteiger partial charge is 0.341 e. The lowest BCUT2D eigenvalue weighted by molar-refractivity contribution is -0.140. The lowest BCUT2D eigenvalue weighted by atomic mass is 9.99. The Bertz CT molecular complexity index is 1500. The van der Waals surface area contributed by atoms with Crippen molar-refractivity contribution in [1.29, 1.82) is 0 Å². The molecule has 0 heterocycles. The van der Waals surface area contributed by atoms with E-state index in [-0.39, 0.29) is 42.3 Å². The predicted molar refractivity (Wildman–Crippen MR) is 154 cm³/mol. The van der Waals surface area contributed by atoms with Crippen LogP contribution in [-0.4, -0.2) is 37.7 Å². The Labute approximate surface area is 238 Å². The van der Waals surface area contributed by atoms with Gasteiger partial charge >= 0.3 is 17.9 Å². The molecule has 41 heavy (non-hydrogen) atoms. The summed E-state index contributed by atoms with van der Waals surface area (Å²) in [6.45, 7) is 15.7. The van der Waals surface area contributed by atoms with Crippen molar-refractivity contribution in [3.63, 3.8) is 0 Å². The van der Waals surface area contributed by atoms with E-state index < -0.39 is 23.7 Å². The first-order chi connectivity index (χ1) is 19.5. The highest BCUT2D eigenvalue weighted by Gasteiger charge is 2.16. The second-order valence-corrected chi connectivity index (χ2v) is 9.40. The summed E-state index contributed by atoms with van der Waals surface area (Å²) in [6.07, 6.45) is 0. The molecule has 0 aromatic heterocycles. The maximum Gasteiger partial charge on any atom is 0.341 e. The van der Waals surface area contributed by atoms with Crippen molar-refractivity contribution in [2.24, 2.45) is 0 Å². The first kappa shape index (κ1) is 30.6. The van der Waals surface area contributed by atoms with Gasteiger partial charge in [0.1, 0.15) is 25.6 Å². The van der Waals surface area contributed by atoms with Gasteiger partial charge in [-0.15, -0.1) is 0 Å². The maximum atomic E-state index is 14.8. The molecule has 0 fully saturated rings. The average Bonchev–Trinajstić information content (AvgIpc) is 2.94. The third-order valence-electron chi connectivity index (χ3n) is 5.61. The van der Waals surface area contributed by atoms with E-state index in [4.69, 9.17) is 18.9 Å². The summed E-state index contributed by atoms with van der Waals surface area (Å²) in [5.41, 5.74) is 4.00. The molecule has 7 nitrogen and oxygen atoms in total. The number of benzene rings is 3. The van der Waals surface area contributed by atoms with Crippen LogP contribution in [0.2, 0.25) is 0 Å². The number of hydrogen-bond donors (Lipinski definition) is 0. The molecule has 0 saturated heterocycles. The Morgan fingerprint density at radius 3 is 1.78 bits per heavy atom. The van der Waals surface area contributed by atoms with Crippen molar-refractivity contribution in [1.82, 2.24) is 0 Å². The molecule has 0 radical (unpaired) electrons. The lowest BCUT2D eigenvalue weighted by Crippen LogP contribution is -2.15. The molecule has 0 spiro atoms. The molecule has 0 aliphatic rings. The van der Waals surface area contributed by atoms with Gasteiger partial charge in [0.25, 0.3) is 0 Å². The molecule has 0 atom stereocenters. The second kappa shape index (κ2) is 13.9. The van der Waals surface area contributed by atoms with Crippen molar-refractivity contribution < 1.29 is 37.7 Å². The molecule has 0 saturated carbocycles. The summed E-state index contributed by atoms with van der Waals surface area (Å²) >= 11 is 0. The van der Waals surface area contributed by atoms with E-state index in [1.807, 2.05) is 31.2 Å². The average molecular weight is 559 g/mol. The van der Waals surface area contributed by atoms with Gasteiger partial charge in [-0.25, -0.2) is 18.8 Å². The Morgan fingerprint density at radius 2 is 1.22 bits per heavy atom. The topological polar surface area (TPSA) is 88.1 Å². The number of carbonyl (C=O) groups excluding carboxylic acids is 3. The van der Waals surface area contributed by atoms with E-state index in [2.05, 4.69) is 19.7 Å². The highest BCUT2D eigenvalue weighted by Crippen LogP contribution is 2.34. The fourth-order valence-electron chi connectivity index (χ4n) is 3.46. The van der Waals surface area contributed by atoms with Crippen molar-refractivity contribution in [3.8, 4) is 33.8 Å². The normalized spacial score (nSPS) is 10.3. The van der Waals surface area contributed by atoms with Gasteiger partial charge in [0, 0.05) is 11.1 Å². The Morgan fingerprint density at radius 1 is 0.683 bits per heavy atom. The number of hydrogen-bond acceptors (Lipinski definition) is 7. The first-order valence-corrected chi connectivity index (χ1v) is 12.6. The Hall–Kier alpha value is -4.98. The number of rotatable bonds is 12. The van der Waals surface area contributed by atoms with E-state index in [0.29, 0.717) is 11.3 Å². The molecule has 3 aromatic carbocycles. The molecule has 0 amide bonds. The third kappa shape index (κ3) is 8.50. The van der Waals surface area contributed by atoms with Crippen LogP contribution in [0.15, 0.2) is 97.1 Å². The van der Waals surface area contributed by atoms with E-state index in [9.17, 15) is 18.8 Å². The van der Waals surface area contributed by atoms with Crippen LogP contribution < -0.4 is 9.47 Å². The summed E-state index contributed by atoms with van der Waals surface area (Å²) in [7, 11) is 0. The van der Waals surface area contributed by atoms with Crippen LogP contribution in [0.4, 0.5) is 4.39 Å². The minimum Gasteiger partial charge on any atom is -0.485 e. The molecule has 0 bridgehead atoms. The summed E-state index contributed by atoms with van der Waals surface area (Å²) in [4.78, 5) is 35.7. The van der Waals surface area contributed by atoms with Crippen LogP contribution in [0.5, 0.6) is 11.5 Å². The zero-order chi connectivity index (χ0) is 30.1. The van der Waals surface area contributed by atoms with Crippen LogP contribution in [0.25, 0.3) is 22.3 Å². The molecule has 0 aliphatic carbocycles. The largest absolute Gasteiger partial charge is 0.485 e. The van der Waals surface area contributed by atoms with Gasteiger partial charge in [-0.1, -0.05) is 56.1 Å². The summed E-state index contributed by atoms with van der Waals surface area (Å²) < 4.78 is 35.8. The van der Waals surface area contributed by atoms with Crippen LogP contribution in [0.1, 0.15) is 31.1 Å². The molecule has 0 unspecified atom stereocenters. The molecule has 0 aliphatic heterocycles. The molecular weight excluding hydrogens is 527 g/mol. The van der Waals surface area contributed by atoms with Gasteiger partial charge in [0.15, 0.2) is 11.5 Å². The predicted octanol–water partition coefficient (Wildman–Crippen LogP) is 6.87. The molecule has 3 aromatic rings. The zero-order valence-corrected chi connectivity index (χ0v) is 23.3. The summed E-state index contributed by atoms with van der Waals surface area (Å²) in [5, 5.41) is 0. The molecule has 212 valence electrons. The van der Waals surface area contributed by atoms with Crippen molar-refractivity contribution in [3.05, 3.63) is 109 Å². The summed E-state index contributed by atoms with van der Waals surface area (Å²) in [5.74, 6) is -2.12. The van der Waals surface area contributed by atoms with Crippen molar-refractivity contribution >= 4 is 17.9 Å². The fraction of sp³-hybridized carbons (Fsp3) is 0.182. The Kier molecular flexibility index (Phi) is 10.4. The number of carbonyl (C=O) groups is 3. The highest BCUT2D eigenvalue weighted by atomic mass is 19.1. The van der Waals surface area contributed by atoms with Crippen LogP contribution in [0.3, 0.4) is 0 Å². The van der Waals surface area contributed by atoms with Crippen LogP contribution in [0, 0.1) is 5.82 Å². The van der Waals surface area contributed by atoms with Gasteiger partial charge in [-0.2, -0.15) is 0 Å². The summed E-state index contributed by atoms with van der Waals surface area (Å²) in [6, 6.07) is 16.8. The van der Waals surface area contributed by atoms with Gasteiger partial charge in [-0.05, 0) is 72.9 Å². The van der Waals surface area contributed by atoms with Gasteiger partial charge in [0.05, 0.1) is 5.56 Å². The monoisotopic (exact) mass is 558 g/mol. The first-order valence-electron chi connectivity index (χ1n) is 12.6. The van der Waals surface area contributed by atoms with Gasteiger partial charge in [0.2, 0.25) is 0 Å².